The predicted molar refractivity (Wildman–Crippen MR) is 105 cm³/mol. The van der Waals surface area contributed by atoms with E-state index in [0.717, 1.165) is 27.6 Å². The van der Waals surface area contributed by atoms with E-state index < -0.39 is 18.4 Å². The molecule has 0 radical (unpaired) electrons. The van der Waals surface area contributed by atoms with E-state index in [1.165, 1.54) is 0 Å². The summed E-state index contributed by atoms with van der Waals surface area (Å²) in [5, 5.41) is 24.9. The third-order valence-corrected chi connectivity index (χ3v) is 3.45. The SMILES string of the molecule is O.O.O.O=C([O-])CC(=O)[O-].[Ni+2].[OH3+].c1cnc2c(c1)ccc1ccc(-n3cccn3)nc12. The van der Waals surface area contributed by atoms with Crippen LogP contribution in [0, 0.1) is 0 Å². The van der Waals surface area contributed by atoms with Crippen molar-refractivity contribution in [2.24, 2.45) is 0 Å². The van der Waals surface area contributed by atoms with E-state index in [-0.39, 0.29) is 38.4 Å². The number of carbonyl (C=O) groups excluding carboxylic acids is 2. The summed E-state index contributed by atoms with van der Waals surface area (Å²) in [6, 6.07) is 14.0. The summed E-state index contributed by atoms with van der Waals surface area (Å²) < 4.78 is 1.75. The van der Waals surface area contributed by atoms with E-state index >= 15 is 0 Å². The maximum absolute atomic E-state index is 9.28. The normalized spacial score (nSPS) is 8.65. The van der Waals surface area contributed by atoms with Crippen LogP contribution in [-0.4, -0.2) is 48.1 Å². The molecule has 9 N–H and O–H groups in total. The Morgan fingerprint density at radius 1 is 0.839 bits per heavy atom. The molecule has 170 valence electrons. The molecular weight excluding hydrogens is 459 g/mol. The smallest absolute Gasteiger partial charge is 0.550 e. The van der Waals surface area contributed by atoms with Gasteiger partial charge in [-0.1, -0.05) is 18.2 Å². The zero-order chi connectivity index (χ0) is 18.5. The molecule has 0 atom stereocenters. The molecule has 3 aromatic heterocycles. The Kier molecular flexibility index (Phi) is 15.1. The predicted octanol–water partition coefficient (Wildman–Crippen LogP) is -3.55. The Bertz CT molecular complexity index is 1080. The second-order valence-electron chi connectivity index (χ2n) is 5.25. The Morgan fingerprint density at radius 3 is 1.94 bits per heavy atom. The Balaban J connectivity index is -0.000000583. The molecule has 0 bridgehead atoms. The van der Waals surface area contributed by atoms with Gasteiger partial charge in [-0.15, -0.1) is 0 Å². The molecule has 0 fully saturated rings. The molecule has 12 nitrogen and oxygen atoms in total. The molecule has 0 aliphatic heterocycles. The number of carboxylic acids is 2. The number of fused-ring (bicyclic) bond motifs is 3. The van der Waals surface area contributed by atoms with E-state index in [4.69, 9.17) is 0 Å². The average molecular weight is 480 g/mol. The molecule has 31 heavy (non-hydrogen) atoms. The van der Waals surface area contributed by atoms with Crippen molar-refractivity contribution in [3.63, 3.8) is 0 Å². The summed E-state index contributed by atoms with van der Waals surface area (Å²) >= 11 is 0. The van der Waals surface area contributed by atoms with Crippen LogP contribution in [0.5, 0.6) is 0 Å². The fraction of sp³-hybridized carbons (Fsp3) is 0.0556. The Hall–Kier alpha value is -3.48. The monoisotopic (exact) mass is 479 g/mol. The number of aromatic nitrogens is 4. The molecule has 4 rings (SSSR count). The topological polar surface area (TPSA) is 251 Å². The molecule has 0 aliphatic rings. The van der Waals surface area contributed by atoms with Crippen molar-refractivity contribution < 1.29 is 58.2 Å². The maximum Gasteiger partial charge on any atom is 2.00 e. The minimum absolute atomic E-state index is 0. The van der Waals surface area contributed by atoms with Crippen LogP contribution in [0.3, 0.4) is 0 Å². The van der Waals surface area contributed by atoms with E-state index in [0.29, 0.717) is 0 Å². The van der Waals surface area contributed by atoms with Crippen molar-refractivity contribution in [2.45, 2.75) is 6.42 Å². The van der Waals surface area contributed by atoms with Gasteiger partial charge in [-0.05, 0) is 24.3 Å². The largest absolute Gasteiger partial charge is 2.00 e. The van der Waals surface area contributed by atoms with Crippen LogP contribution >= 0.6 is 0 Å². The summed E-state index contributed by atoms with van der Waals surface area (Å²) in [6.07, 6.45) is 4.39. The van der Waals surface area contributed by atoms with Gasteiger partial charge in [-0.2, -0.15) is 5.10 Å². The number of rotatable bonds is 3. The number of benzene rings is 1. The number of hydrogen-bond acceptors (Lipinski definition) is 7. The second kappa shape index (κ2) is 14.5. The molecule has 13 heteroatoms. The molecular formula is C18H21N4NiO8+. The zero-order valence-corrected chi connectivity index (χ0v) is 16.8. The number of nitrogens with zero attached hydrogens (tertiary/aromatic N) is 4. The first-order valence-electron chi connectivity index (χ1n) is 7.59. The summed E-state index contributed by atoms with van der Waals surface area (Å²) in [5.41, 5.74) is 1.83. The van der Waals surface area contributed by atoms with Crippen LogP contribution in [0.25, 0.3) is 27.6 Å². The summed E-state index contributed by atoms with van der Waals surface area (Å²) in [5.74, 6) is -2.45. The molecule has 0 spiro atoms. The number of carbonyl (C=O) groups is 2. The number of carboxylic acid groups (broad SMARTS) is 2. The summed E-state index contributed by atoms with van der Waals surface area (Å²) in [6.45, 7) is 0. The third-order valence-electron chi connectivity index (χ3n) is 3.45. The summed E-state index contributed by atoms with van der Waals surface area (Å²) in [7, 11) is 0. The van der Waals surface area contributed by atoms with Gasteiger partial charge in [0.05, 0.1) is 11.0 Å². The van der Waals surface area contributed by atoms with E-state index in [2.05, 4.69) is 27.2 Å². The number of aliphatic carboxylic acids is 2. The molecule has 4 aromatic rings. The first-order valence-corrected chi connectivity index (χ1v) is 7.59. The number of hydrogen-bond donors (Lipinski definition) is 0. The maximum atomic E-state index is 9.28. The van der Waals surface area contributed by atoms with Crippen LogP contribution in [0.1, 0.15) is 6.42 Å². The molecule has 0 saturated heterocycles. The van der Waals surface area contributed by atoms with Crippen LogP contribution in [0.15, 0.2) is 61.1 Å². The van der Waals surface area contributed by atoms with Crippen molar-refractivity contribution in [1.82, 2.24) is 19.7 Å². The fourth-order valence-corrected chi connectivity index (χ4v) is 2.36. The molecule has 0 unspecified atom stereocenters. The van der Waals surface area contributed by atoms with Crippen molar-refractivity contribution in [1.29, 1.82) is 0 Å². The van der Waals surface area contributed by atoms with Gasteiger partial charge in [0.2, 0.25) is 0 Å². The quantitative estimate of drug-likeness (QED) is 0.123. The Morgan fingerprint density at radius 2 is 1.42 bits per heavy atom. The van der Waals surface area contributed by atoms with Crippen LogP contribution in [0.2, 0.25) is 0 Å². The molecule has 0 amide bonds. The van der Waals surface area contributed by atoms with E-state index in [1.807, 2.05) is 36.5 Å². The second-order valence-corrected chi connectivity index (χ2v) is 5.25. The average Bonchev–Trinajstić information content (AvgIpc) is 3.15. The van der Waals surface area contributed by atoms with Gasteiger partial charge in [0, 0.05) is 47.7 Å². The van der Waals surface area contributed by atoms with Gasteiger partial charge in [-0.3, -0.25) is 4.98 Å². The fourth-order valence-electron chi connectivity index (χ4n) is 2.36. The molecule has 3 heterocycles. The van der Waals surface area contributed by atoms with Gasteiger partial charge in [-0.25, -0.2) is 9.67 Å². The first-order chi connectivity index (χ1) is 12.5. The van der Waals surface area contributed by atoms with Gasteiger partial charge in [0.1, 0.15) is 0 Å². The van der Waals surface area contributed by atoms with Crippen molar-refractivity contribution in [3.05, 3.63) is 61.1 Å². The van der Waals surface area contributed by atoms with Crippen molar-refractivity contribution >= 4 is 33.7 Å². The molecule has 0 aliphatic carbocycles. The third kappa shape index (κ3) is 8.05. The minimum atomic E-state index is -1.63. The van der Waals surface area contributed by atoms with E-state index in [9.17, 15) is 19.8 Å². The van der Waals surface area contributed by atoms with Crippen molar-refractivity contribution in [2.75, 3.05) is 0 Å². The van der Waals surface area contributed by atoms with Gasteiger partial charge in [0.25, 0.3) is 0 Å². The van der Waals surface area contributed by atoms with E-state index in [1.54, 1.807) is 17.1 Å². The van der Waals surface area contributed by atoms with Gasteiger partial charge < -0.3 is 41.7 Å². The minimum Gasteiger partial charge on any atom is -0.550 e. The van der Waals surface area contributed by atoms with Crippen LogP contribution in [0.4, 0.5) is 0 Å². The first kappa shape index (κ1) is 32.2. The molecule has 1 aromatic carbocycles. The molecule has 0 saturated carbocycles. The standard InChI is InChI=1S/C15H10N4.C3H4O4.Ni.4H2O/c1-3-11-4-5-12-6-7-13(19-10-2-9-17-19)18-15(12)14(11)16-8-1;4-2(5)1-3(6)7;;;;;/h1-10H;1H2,(H,4,5)(H,6,7);;4*1H2/q;;+2;;;;/p-1. The van der Waals surface area contributed by atoms with Crippen LogP contribution in [-0.2, 0) is 31.6 Å². The van der Waals surface area contributed by atoms with Crippen LogP contribution < -0.4 is 10.2 Å². The Labute approximate surface area is 185 Å². The van der Waals surface area contributed by atoms with Gasteiger partial charge in [0.15, 0.2) is 5.82 Å². The summed E-state index contributed by atoms with van der Waals surface area (Å²) in [4.78, 5) is 27.7. The zero-order valence-electron chi connectivity index (χ0n) is 15.8. The van der Waals surface area contributed by atoms with Crippen molar-refractivity contribution in [3.8, 4) is 5.82 Å². The van der Waals surface area contributed by atoms with Gasteiger partial charge >= 0.3 is 16.5 Å². The number of pyridine rings is 2.